The first kappa shape index (κ1) is 33.2. The molecule has 0 aliphatic heterocycles. The molecule has 0 fully saturated rings. The van der Waals surface area contributed by atoms with Crippen molar-refractivity contribution in [1.82, 2.24) is 0 Å². The SMILES string of the molecule is CC1(C)c2ccccc2-c2c(N(c3ccc(-c4ccccc4)cc3)c3cccc(-c4cccc5oc6ccccc6c45)c3-c3ccc4ccccc4c3)cccc21. The molecule has 1 heterocycles. The zero-order valence-corrected chi connectivity index (χ0v) is 31.9. The second-order valence-electron chi connectivity index (χ2n) is 15.7. The lowest BCUT2D eigenvalue weighted by atomic mass is 9.82. The summed E-state index contributed by atoms with van der Waals surface area (Å²) in [5.74, 6) is 0. The topological polar surface area (TPSA) is 16.4 Å². The third-order valence-corrected chi connectivity index (χ3v) is 12.1. The minimum absolute atomic E-state index is 0.147. The van der Waals surface area contributed by atoms with Crippen molar-refractivity contribution in [2.24, 2.45) is 0 Å². The van der Waals surface area contributed by atoms with Crippen LogP contribution < -0.4 is 4.90 Å². The normalized spacial score (nSPS) is 12.9. The van der Waals surface area contributed by atoms with Gasteiger partial charge in [0.05, 0.1) is 11.4 Å². The molecule has 57 heavy (non-hydrogen) atoms. The van der Waals surface area contributed by atoms with E-state index in [-0.39, 0.29) is 5.41 Å². The van der Waals surface area contributed by atoms with E-state index in [1.54, 1.807) is 0 Å². The van der Waals surface area contributed by atoms with Gasteiger partial charge in [-0.05, 0) is 97.7 Å². The number of para-hydroxylation sites is 1. The zero-order chi connectivity index (χ0) is 38.1. The minimum Gasteiger partial charge on any atom is -0.456 e. The molecule has 0 unspecified atom stereocenters. The first-order valence-electron chi connectivity index (χ1n) is 19.8. The molecule has 10 aromatic rings. The van der Waals surface area contributed by atoms with E-state index in [1.807, 2.05) is 6.07 Å². The summed E-state index contributed by atoms with van der Waals surface area (Å²) in [4.78, 5) is 2.51. The molecule has 0 N–H and O–H groups in total. The van der Waals surface area contributed by atoms with Gasteiger partial charge >= 0.3 is 0 Å². The van der Waals surface area contributed by atoms with Crippen molar-refractivity contribution >= 4 is 49.8 Å². The molecule has 9 aromatic carbocycles. The lowest BCUT2D eigenvalue weighted by molar-refractivity contribution is 0.660. The van der Waals surface area contributed by atoms with Gasteiger partial charge in [-0.15, -0.1) is 0 Å². The predicted molar refractivity (Wildman–Crippen MR) is 240 cm³/mol. The Morgan fingerprint density at radius 2 is 1.00 bits per heavy atom. The summed E-state index contributed by atoms with van der Waals surface area (Å²) in [6.07, 6.45) is 0. The zero-order valence-electron chi connectivity index (χ0n) is 31.9. The van der Waals surface area contributed by atoms with Crippen molar-refractivity contribution in [3.05, 3.63) is 211 Å². The Bertz CT molecular complexity index is 3150. The highest BCUT2D eigenvalue weighted by Crippen LogP contribution is 2.56. The Morgan fingerprint density at radius 1 is 0.404 bits per heavy atom. The maximum Gasteiger partial charge on any atom is 0.136 e. The molecular formula is C55H39NO. The van der Waals surface area contributed by atoms with Crippen LogP contribution in [-0.4, -0.2) is 0 Å². The first-order valence-corrected chi connectivity index (χ1v) is 19.8. The van der Waals surface area contributed by atoms with E-state index in [9.17, 15) is 0 Å². The largest absolute Gasteiger partial charge is 0.456 e. The third kappa shape index (κ3) is 5.25. The van der Waals surface area contributed by atoms with Crippen LogP contribution in [0.15, 0.2) is 205 Å². The number of rotatable bonds is 6. The molecule has 1 aliphatic rings. The smallest absolute Gasteiger partial charge is 0.136 e. The van der Waals surface area contributed by atoms with Crippen LogP contribution in [0.25, 0.3) is 77.2 Å². The van der Waals surface area contributed by atoms with Gasteiger partial charge in [0.15, 0.2) is 0 Å². The van der Waals surface area contributed by atoms with E-state index in [1.165, 1.54) is 44.2 Å². The molecule has 11 rings (SSSR count). The Morgan fingerprint density at radius 3 is 1.86 bits per heavy atom. The fourth-order valence-corrected chi connectivity index (χ4v) is 9.36. The minimum atomic E-state index is -0.147. The van der Waals surface area contributed by atoms with Crippen LogP contribution in [-0.2, 0) is 5.41 Å². The fraction of sp³-hybridized carbons (Fsp3) is 0.0545. The molecule has 1 aromatic heterocycles. The summed E-state index contributed by atoms with van der Waals surface area (Å²) in [6, 6.07) is 72.8. The van der Waals surface area contributed by atoms with Gasteiger partial charge in [0, 0.05) is 33.0 Å². The van der Waals surface area contributed by atoms with Crippen molar-refractivity contribution in [2.45, 2.75) is 19.3 Å². The van der Waals surface area contributed by atoms with E-state index in [0.717, 1.165) is 61.3 Å². The highest BCUT2D eigenvalue weighted by molar-refractivity contribution is 6.15. The van der Waals surface area contributed by atoms with Gasteiger partial charge in [-0.2, -0.15) is 0 Å². The summed E-state index contributed by atoms with van der Waals surface area (Å²) >= 11 is 0. The number of nitrogens with zero attached hydrogens (tertiary/aromatic N) is 1. The number of hydrogen-bond donors (Lipinski definition) is 0. The second kappa shape index (κ2) is 13.0. The summed E-state index contributed by atoms with van der Waals surface area (Å²) in [6.45, 7) is 4.72. The Labute approximate surface area is 332 Å². The molecule has 2 heteroatoms. The fourth-order valence-electron chi connectivity index (χ4n) is 9.36. The van der Waals surface area contributed by atoms with E-state index >= 15 is 0 Å². The van der Waals surface area contributed by atoms with Gasteiger partial charge in [-0.3, -0.25) is 0 Å². The van der Waals surface area contributed by atoms with Crippen LogP contribution in [0.3, 0.4) is 0 Å². The third-order valence-electron chi connectivity index (χ3n) is 12.1. The monoisotopic (exact) mass is 729 g/mol. The van der Waals surface area contributed by atoms with Crippen LogP contribution in [0.4, 0.5) is 17.1 Å². The van der Waals surface area contributed by atoms with Gasteiger partial charge in [-0.1, -0.05) is 172 Å². The van der Waals surface area contributed by atoms with Gasteiger partial charge in [0.1, 0.15) is 11.2 Å². The average Bonchev–Trinajstić information content (AvgIpc) is 3.76. The van der Waals surface area contributed by atoms with Gasteiger partial charge in [-0.25, -0.2) is 0 Å². The molecule has 0 amide bonds. The van der Waals surface area contributed by atoms with Crippen LogP contribution in [0.2, 0.25) is 0 Å². The van der Waals surface area contributed by atoms with E-state index in [4.69, 9.17) is 4.42 Å². The molecule has 0 saturated carbocycles. The molecule has 2 nitrogen and oxygen atoms in total. The highest BCUT2D eigenvalue weighted by atomic mass is 16.3. The number of anilines is 3. The first-order chi connectivity index (χ1) is 28.0. The molecule has 0 spiro atoms. The molecule has 0 radical (unpaired) electrons. The van der Waals surface area contributed by atoms with Crippen LogP contribution in [0.1, 0.15) is 25.0 Å². The summed E-state index contributed by atoms with van der Waals surface area (Å²) in [5.41, 5.74) is 17.3. The average molecular weight is 730 g/mol. The molecular weight excluding hydrogens is 691 g/mol. The maximum absolute atomic E-state index is 6.47. The number of hydrogen-bond acceptors (Lipinski definition) is 2. The number of fused-ring (bicyclic) bond motifs is 7. The van der Waals surface area contributed by atoms with Crippen molar-refractivity contribution in [3.63, 3.8) is 0 Å². The van der Waals surface area contributed by atoms with Gasteiger partial charge in [0.25, 0.3) is 0 Å². The Balaban J connectivity index is 1.24. The molecule has 1 aliphatic carbocycles. The molecule has 0 bridgehead atoms. The van der Waals surface area contributed by atoms with Crippen molar-refractivity contribution in [2.75, 3.05) is 4.90 Å². The highest BCUT2D eigenvalue weighted by Gasteiger charge is 2.38. The number of furan rings is 1. The van der Waals surface area contributed by atoms with E-state index in [2.05, 4.69) is 213 Å². The summed E-state index contributed by atoms with van der Waals surface area (Å²) < 4.78 is 6.47. The number of benzene rings is 9. The molecule has 0 atom stereocenters. The standard InChI is InChI=1S/C55H39NO/c1-55(2)46-23-10-8-19-44(46)54-47(55)24-14-26-49(54)56(41-33-31-38(32-34-41)36-15-4-3-5-16-36)48-25-12-21-42(52(48)40-30-29-37-17-6-7-18-39(37)35-40)43-22-13-28-51-53(43)45-20-9-11-27-50(45)57-51/h3-35H,1-2H3. The van der Waals surface area contributed by atoms with Crippen LogP contribution in [0.5, 0.6) is 0 Å². The summed E-state index contributed by atoms with van der Waals surface area (Å²) in [7, 11) is 0. The molecule has 270 valence electrons. The second-order valence-corrected chi connectivity index (χ2v) is 15.7. The van der Waals surface area contributed by atoms with E-state index in [0.29, 0.717) is 0 Å². The van der Waals surface area contributed by atoms with Crippen molar-refractivity contribution < 1.29 is 4.42 Å². The van der Waals surface area contributed by atoms with Crippen LogP contribution >= 0.6 is 0 Å². The quantitative estimate of drug-likeness (QED) is 0.169. The van der Waals surface area contributed by atoms with Gasteiger partial charge in [0.2, 0.25) is 0 Å². The van der Waals surface area contributed by atoms with Crippen LogP contribution in [0, 0.1) is 0 Å². The summed E-state index contributed by atoms with van der Waals surface area (Å²) in [5, 5.41) is 4.67. The Kier molecular flexibility index (Phi) is 7.55. The Hall–Kier alpha value is -7.16. The lowest BCUT2D eigenvalue weighted by Gasteiger charge is -2.31. The van der Waals surface area contributed by atoms with E-state index < -0.39 is 0 Å². The lowest BCUT2D eigenvalue weighted by Crippen LogP contribution is -2.16. The molecule has 0 saturated heterocycles. The van der Waals surface area contributed by atoms with Gasteiger partial charge < -0.3 is 9.32 Å². The van der Waals surface area contributed by atoms with Crippen molar-refractivity contribution in [3.8, 4) is 44.5 Å². The predicted octanol–water partition coefficient (Wildman–Crippen LogP) is 15.5. The maximum atomic E-state index is 6.47. The van der Waals surface area contributed by atoms with Crippen molar-refractivity contribution in [1.29, 1.82) is 0 Å².